The fourth-order valence-corrected chi connectivity index (χ4v) is 3.15. The molecule has 0 aliphatic carbocycles. The summed E-state index contributed by atoms with van der Waals surface area (Å²) in [5.41, 5.74) is 3.85. The van der Waals surface area contributed by atoms with Crippen molar-refractivity contribution in [3.63, 3.8) is 0 Å². The summed E-state index contributed by atoms with van der Waals surface area (Å²) >= 11 is 0. The minimum Gasteiger partial charge on any atom is -0.489 e. The Kier molecular flexibility index (Phi) is 5.80. The SMILES string of the molecule is Cc1ccccc1-c1nnc(-c2ccc(C(=O)Nc3ccccc3OC(C)C)cc2)o1. The summed E-state index contributed by atoms with van der Waals surface area (Å²) in [7, 11) is 0. The fraction of sp³-hybridized carbons (Fsp3) is 0.160. The monoisotopic (exact) mass is 413 g/mol. The summed E-state index contributed by atoms with van der Waals surface area (Å²) < 4.78 is 11.6. The Labute approximate surface area is 180 Å². The molecule has 1 heterocycles. The van der Waals surface area contributed by atoms with Crippen molar-refractivity contribution in [1.29, 1.82) is 0 Å². The zero-order valence-electron chi connectivity index (χ0n) is 17.6. The molecule has 0 aliphatic rings. The van der Waals surface area contributed by atoms with E-state index in [4.69, 9.17) is 9.15 Å². The number of aryl methyl sites for hydroxylation is 1. The average molecular weight is 413 g/mol. The standard InChI is InChI=1S/C25H23N3O3/c1-16(2)30-22-11-7-6-10-21(22)26-23(29)18-12-14-19(15-13-18)24-27-28-25(31-24)20-9-5-4-8-17(20)3/h4-16H,1-3H3,(H,26,29). The van der Waals surface area contributed by atoms with Gasteiger partial charge in [-0.15, -0.1) is 10.2 Å². The van der Waals surface area contributed by atoms with Crippen molar-refractivity contribution in [2.45, 2.75) is 26.9 Å². The van der Waals surface area contributed by atoms with Crippen molar-refractivity contribution in [2.24, 2.45) is 0 Å². The van der Waals surface area contributed by atoms with E-state index in [-0.39, 0.29) is 12.0 Å². The third kappa shape index (κ3) is 4.64. The van der Waals surface area contributed by atoms with Crippen LogP contribution in [0.2, 0.25) is 0 Å². The number of hydrogen-bond donors (Lipinski definition) is 1. The molecular formula is C25H23N3O3. The summed E-state index contributed by atoms with van der Waals surface area (Å²) in [6, 6.07) is 22.3. The molecule has 6 heteroatoms. The Morgan fingerprint density at radius 1 is 0.903 bits per heavy atom. The van der Waals surface area contributed by atoms with E-state index < -0.39 is 0 Å². The average Bonchev–Trinajstić information content (AvgIpc) is 3.25. The lowest BCUT2D eigenvalue weighted by molar-refractivity contribution is 0.102. The van der Waals surface area contributed by atoms with E-state index >= 15 is 0 Å². The van der Waals surface area contributed by atoms with Crippen LogP contribution in [-0.2, 0) is 0 Å². The number of para-hydroxylation sites is 2. The van der Waals surface area contributed by atoms with Gasteiger partial charge in [0.1, 0.15) is 5.75 Å². The summed E-state index contributed by atoms with van der Waals surface area (Å²) in [6.45, 7) is 5.88. The van der Waals surface area contributed by atoms with E-state index in [9.17, 15) is 4.79 Å². The second-order valence-electron chi connectivity index (χ2n) is 7.42. The molecule has 1 amide bonds. The molecule has 0 radical (unpaired) electrons. The van der Waals surface area contributed by atoms with Crippen molar-refractivity contribution >= 4 is 11.6 Å². The van der Waals surface area contributed by atoms with Gasteiger partial charge < -0.3 is 14.5 Å². The molecule has 6 nitrogen and oxygen atoms in total. The Morgan fingerprint density at radius 2 is 1.58 bits per heavy atom. The van der Waals surface area contributed by atoms with Crippen molar-refractivity contribution in [3.05, 3.63) is 83.9 Å². The molecule has 0 fully saturated rings. The normalized spacial score (nSPS) is 10.8. The second-order valence-corrected chi connectivity index (χ2v) is 7.42. The summed E-state index contributed by atoms with van der Waals surface area (Å²) in [4.78, 5) is 12.7. The molecule has 4 rings (SSSR count). The van der Waals surface area contributed by atoms with Crippen LogP contribution in [0.15, 0.2) is 77.2 Å². The molecule has 4 aromatic rings. The lowest BCUT2D eigenvalue weighted by atomic mass is 10.1. The highest BCUT2D eigenvalue weighted by atomic mass is 16.5. The Bertz CT molecular complexity index is 1200. The molecule has 0 unspecified atom stereocenters. The van der Waals surface area contributed by atoms with Crippen molar-refractivity contribution in [2.75, 3.05) is 5.32 Å². The number of nitrogens with zero attached hydrogens (tertiary/aromatic N) is 2. The number of benzene rings is 3. The molecule has 0 saturated carbocycles. The van der Waals surface area contributed by atoms with Crippen LogP contribution in [0.1, 0.15) is 29.8 Å². The molecule has 0 aliphatic heterocycles. The number of hydrogen-bond acceptors (Lipinski definition) is 5. The first-order chi connectivity index (χ1) is 15.0. The van der Waals surface area contributed by atoms with Gasteiger partial charge in [-0.1, -0.05) is 30.3 Å². The van der Waals surface area contributed by atoms with Crippen LogP contribution in [0, 0.1) is 6.92 Å². The van der Waals surface area contributed by atoms with Gasteiger partial charge in [-0.25, -0.2) is 0 Å². The number of aromatic nitrogens is 2. The van der Waals surface area contributed by atoms with Crippen LogP contribution in [0.25, 0.3) is 22.9 Å². The minimum absolute atomic E-state index is 0.0105. The largest absolute Gasteiger partial charge is 0.489 e. The van der Waals surface area contributed by atoms with Gasteiger partial charge in [0.2, 0.25) is 11.8 Å². The number of carbonyl (C=O) groups excluding carboxylic acids is 1. The first kappa shape index (κ1) is 20.3. The van der Waals surface area contributed by atoms with Crippen LogP contribution >= 0.6 is 0 Å². The van der Waals surface area contributed by atoms with E-state index in [1.165, 1.54) is 0 Å². The molecule has 1 N–H and O–H groups in total. The Balaban J connectivity index is 1.50. The second kappa shape index (κ2) is 8.83. The van der Waals surface area contributed by atoms with Gasteiger partial charge in [-0.05, 0) is 68.8 Å². The van der Waals surface area contributed by atoms with Crippen LogP contribution in [0.5, 0.6) is 5.75 Å². The van der Waals surface area contributed by atoms with Crippen LogP contribution in [0.4, 0.5) is 5.69 Å². The molecule has 0 bridgehead atoms. The maximum atomic E-state index is 12.7. The quantitative estimate of drug-likeness (QED) is 0.435. The van der Waals surface area contributed by atoms with Gasteiger partial charge >= 0.3 is 0 Å². The number of anilines is 1. The Hall–Kier alpha value is -3.93. The van der Waals surface area contributed by atoms with Crippen LogP contribution in [-0.4, -0.2) is 22.2 Å². The number of ether oxygens (including phenoxy) is 1. The van der Waals surface area contributed by atoms with Crippen LogP contribution in [0.3, 0.4) is 0 Å². The lowest BCUT2D eigenvalue weighted by Crippen LogP contribution is -2.14. The summed E-state index contributed by atoms with van der Waals surface area (Å²) in [5, 5.41) is 11.2. The van der Waals surface area contributed by atoms with E-state index in [1.807, 2.05) is 69.3 Å². The number of carbonyl (C=O) groups is 1. The van der Waals surface area contributed by atoms with Crippen LogP contribution < -0.4 is 10.1 Å². The topological polar surface area (TPSA) is 77.2 Å². The lowest BCUT2D eigenvalue weighted by Gasteiger charge is -2.14. The van der Waals surface area contributed by atoms with Crippen molar-refractivity contribution < 1.29 is 13.9 Å². The molecular weight excluding hydrogens is 390 g/mol. The molecule has 3 aromatic carbocycles. The van der Waals surface area contributed by atoms with E-state index in [2.05, 4.69) is 15.5 Å². The first-order valence-electron chi connectivity index (χ1n) is 10.1. The molecule has 156 valence electrons. The third-order valence-corrected chi connectivity index (χ3v) is 4.69. The highest BCUT2D eigenvalue weighted by Gasteiger charge is 2.14. The van der Waals surface area contributed by atoms with Gasteiger partial charge in [0, 0.05) is 16.7 Å². The first-order valence-corrected chi connectivity index (χ1v) is 10.1. The minimum atomic E-state index is -0.225. The van der Waals surface area contributed by atoms with Gasteiger partial charge in [-0.2, -0.15) is 0 Å². The highest BCUT2D eigenvalue weighted by molar-refractivity contribution is 6.05. The van der Waals surface area contributed by atoms with E-state index in [0.29, 0.717) is 28.8 Å². The van der Waals surface area contributed by atoms with Gasteiger partial charge in [0.25, 0.3) is 5.91 Å². The predicted molar refractivity (Wildman–Crippen MR) is 120 cm³/mol. The number of nitrogens with one attached hydrogen (secondary N) is 1. The number of rotatable bonds is 6. The molecule has 0 saturated heterocycles. The van der Waals surface area contributed by atoms with Gasteiger partial charge in [0.15, 0.2) is 0 Å². The number of amides is 1. The summed E-state index contributed by atoms with van der Waals surface area (Å²) in [6.07, 6.45) is 0.0105. The predicted octanol–water partition coefficient (Wildman–Crippen LogP) is 5.75. The highest BCUT2D eigenvalue weighted by Crippen LogP contribution is 2.27. The zero-order chi connectivity index (χ0) is 21.8. The van der Waals surface area contributed by atoms with Crippen molar-refractivity contribution in [1.82, 2.24) is 10.2 Å². The molecule has 0 spiro atoms. The smallest absolute Gasteiger partial charge is 0.255 e. The Morgan fingerprint density at radius 3 is 2.32 bits per heavy atom. The van der Waals surface area contributed by atoms with E-state index in [0.717, 1.165) is 16.7 Å². The van der Waals surface area contributed by atoms with Gasteiger partial charge in [0.05, 0.1) is 11.8 Å². The molecule has 1 aromatic heterocycles. The van der Waals surface area contributed by atoms with E-state index in [1.54, 1.807) is 24.3 Å². The zero-order valence-corrected chi connectivity index (χ0v) is 17.6. The maximum Gasteiger partial charge on any atom is 0.255 e. The summed E-state index contributed by atoms with van der Waals surface area (Å²) in [5.74, 6) is 1.28. The van der Waals surface area contributed by atoms with Gasteiger partial charge in [-0.3, -0.25) is 4.79 Å². The molecule has 0 atom stereocenters. The fourth-order valence-electron chi connectivity index (χ4n) is 3.15. The maximum absolute atomic E-state index is 12.7. The third-order valence-electron chi connectivity index (χ3n) is 4.69. The van der Waals surface area contributed by atoms with Crippen molar-refractivity contribution in [3.8, 4) is 28.7 Å². The molecule has 31 heavy (non-hydrogen) atoms.